The molecule has 0 aliphatic heterocycles. The Morgan fingerprint density at radius 1 is 1.18 bits per heavy atom. The number of rotatable bonds is 5. The molecule has 1 aromatic heterocycles. The summed E-state index contributed by atoms with van der Waals surface area (Å²) in [4.78, 5) is 16.5. The molecule has 7 nitrogen and oxygen atoms in total. The number of urea groups is 1. The van der Waals surface area contributed by atoms with Gasteiger partial charge in [0, 0.05) is 11.1 Å². The zero-order valence-corrected chi connectivity index (χ0v) is 16.8. The van der Waals surface area contributed by atoms with E-state index < -0.39 is 16.1 Å². The second kappa shape index (κ2) is 7.65. The van der Waals surface area contributed by atoms with Gasteiger partial charge in [-0.25, -0.2) is 22.9 Å². The van der Waals surface area contributed by atoms with Crippen LogP contribution in [-0.4, -0.2) is 24.5 Å². The lowest BCUT2D eigenvalue weighted by Gasteiger charge is -2.16. The van der Waals surface area contributed by atoms with Gasteiger partial charge in [0.15, 0.2) is 0 Å². The number of benzene rings is 1. The maximum Gasteiger partial charge on any atom is 0.333 e. The normalized spacial score (nSPS) is 15.6. The van der Waals surface area contributed by atoms with Crippen LogP contribution in [0.5, 0.6) is 0 Å². The fourth-order valence-electron chi connectivity index (χ4n) is 3.89. The number of thiazole rings is 1. The van der Waals surface area contributed by atoms with Crippen molar-refractivity contribution in [1.82, 2.24) is 9.71 Å². The molecular formula is C19H21N3O4S2. The number of sulfonamides is 1. The number of hydrogen-bond acceptors (Lipinski definition) is 6. The number of anilines is 1. The summed E-state index contributed by atoms with van der Waals surface area (Å²) >= 11 is 1.21. The number of nitrogens with one attached hydrogen (secondary N) is 2. The summed E-state index contributed by atoms with van der Waals surface area (Å²) in [6, 6.07) is 1.50. The number of aryl methyl sites for hydroxylation is 2. The predicted molar refractivity (Wildman–Crippen MR) is 109 cm³/mol. The Morgan fingerprint density at radius 3 is 2.46 bits per heavy atom. The lowest BCUT2D eigenvalue weighted by molar-refractivity contribution is 0.256. The lowest BCUT2D eigenvalue weighted by atomic mass is 9.99. The number of hydrogen-bond donors (Lipinski definition) is 3. The molecule has 2 aliphatic carbocycles. The van der Waals surface area contributed by atoms with E-state index in [1.807, 2.05) is 4.72 Å². The van der Waals surface area contributed by atoms with Crippen molar-refractivity contribution in [2.45, 2.75) is 45.1 Å². The monoisotopic (exact) mass is 419 g/mol. The van der Waals surface area contributed by atoms with E-state index >= 15 is 0 Å². The quantitative estimate of drug-likeness (QED) is 0.691. The molecule has 0 radical (unpaired) electrons. The second-order valence-electron chi connectivity index (χ2n) is 6.97. The van der Waals surface area contributed by atoms with Crippen LogP contribution in [0.1, 0.15) is 45.8 Å². The molecule has 9 heteroatoms. The molecule has 0 spiro atoms. The van der Waals surface area contributed by atoms with E-state index in [9.17, 15) is 13.2 Å². The van der Waals surface area contributed by atoms with Crippen LogP contribution >= 0.6 is 11.3 Å². The molecule has 0 saturated carbocycles. The Kier molecular flexibility index (Phi) is 5.22. The molecule has 2 amide bonds. The standard InChI is InChI=1S/C19H21N3O4S2/c23-10-14-11-27-17(20-14)7-8-28(25,26)22-19(24)21-18-15-5-1-3-12(15)9-13-4-2-6-16(13)18/h7-9,11,23H,1-6,10H2,(H2,21,22,24)/b8-7+. The van der Waals surface area contributed by atoms with Crippen molar-refractivity contribution < 1.29 is 18.3 Å². The van der Waals surface area contributed by atoms with Crippen molar-refractivity contribution in [3.63, 3.8) is 0 Å². The first-order chi connectivity index (χ1) is 13.4. The molecule has 4 rings (SSSR count). The summed E-state index contributed by atoms with van der Waals surface area (Å²) in [6.07, 6.45) is 7.23. The fourth-order valence-corrected chi connectivity index (χ4v) is 5.36. The highest BCUT2D eigenvalue weighted by Gasteiger charge is 2.25. The summed E-state index contributed by atoms with van der Waals surface area (Å²) in [5.41, 5.74) is 6.08. The molecule has 0 bridgehead atoms. The second-order valence-corrected chi connectivity index (χ2v) is 9.43. The minimum atomic E-state index is -3.96. The first-order valence-electron chi connectivity index (χ1n) is 9.19. The van der Waals surface area contributed by atoms with Gasteiger partial charge in [-0.1, -0.05) is 6.07 Å². The molecule has 0 atom stereocenters. The highest BCUT2D eigenvalue weighted by molar-refractivity contribution is 7.93. The smallest absolute Gasteiger partial charge is 0.333 e. The third-order valence-electron chi connectivity index (χ3n) is 5.07. The molecule has 1 aromatic carbocycles. The maximum absolute atomic E-state index is 12.4. The van der Waals surface area contributed by atoms with Crippen molar-refractivity contribution in [2.75, 3.05) is 5.32 Å². The van der Waals surface area contributed by atoms with Crippen molar-refractivity contribution >= 4 is 39.2 Å². The highest BCUT2D eigenvalue weighted by atomic mass is 32.2. The molecule has 2 aromatic rings. The van der Waals surface area contributed by atoms with Crippen LogP contribution in [0.3, 0.4) is 0 Å². The number of aliphatic hydroxyl groups is 1. The topological polar surface area (TPSA) is 108 Å². The van der Waals surface area contributed by atoms with Gasteiger partial charge in [-0.15, -0.1) is 11.3 Å². The summed E-state index contributed by atoms with van der Waals surface area (Å²) in [6.45, 7) is -0.205. The lowest BCUT2D eigenvalue weighted by Crippen LogP contribution is -2.33. The average molecular weight is 420 g/mol. The zero-order chi connectivity index (χ0) is 19.7. The van der Waals surface area contributed by atoms with Crippen LogP contribution in [0.2, 0.25) is 0 Å². The zero-order valence-electron chi connectivity index (χ0n) is 15.2. The van der Waals surface area contributed by atoms with E-state index in [4.69, 9.17) is 5.11 Å². The molecule has 0 fully saturated rings. The Hall–Kier alpha value is -2.23. The number of carbonyl (C=O) groups excluding carboxylic acids is 1. The molecule has 3 N–H and O–H groups in total. The summed E-state index contributed by atoms with van der Waals surface area (Å²) in [5, 5.41) is 14.8. The van der Waals surface area contributed by atoms with E-state index in [1.165, 1.54) is 28.5 Å². The van der Waals surface area contributed by atoms with Crippen LogP contribution in [0.25, 0.3) is 6.08 Å². The molecule has 0 unspecified atom stereocenters. The number of fused-ring (bicyclic) bond motifs is 2. The van der Waals surface area contributed by atoms with Gasteiger partial charge in [-0.3, -0.25) is 0 Å². The molecular weight excluding hydrogens is 398 g/mol. The molecule has 28 heavy (non-hydrogen) atoms. The first kappa shape index (κ1) is 19.1. The Balaban J connectivity index is 1.49. The number of nitrogens with zero attached hydrogens (tertiary/aromatic N) is 1. The first-order valence-corrected chi connectivity index (χ1v) is 11.6. The van der Waals surface area contributed by atoms with E-state index in [0.717, 1.165) is 60.7 Å². The van der Waals surface area contributed by atoms with Gasteiger partial charge in [0.2, 0.25) is 0 Å². The van der Waals surface area contributed by atoms with Crippen LogP contribution in [-0.2, 0) is 42.3 Å². The Labute approximate surface area is 167 Å². The van der Waals surface area contributed by atoms with Crippen LogP contribution in [0.15, 0.2) is 16.9 Å². The van der Waals surface area contributed by atoms with E-state index in [1.54, 1.807) is 5.38 Å². The maximum atomic E-state index is 12.4. The molecule has 1 heterocycles. The summed E-state index contributed by atoms with van der Waals surface area (Å²) in [5.74, 6) is 0. The third-order valence-corrected chi connectivity index (χ3v) is 6.89. The number of carbonyl (C=O) groups is 1. The van der Waals surface area contributed by atoms with Gasteiger partial charge in [0.1, 0.15) is 5.01 Å². The van der Waals surface area contributed by atoms with Gasteiger partial charge < -0.3 is 10.4 Å². The van der Waals surface area contributed by atoms with Crippen LogP contribution in [0, 0.1) is 0 Å². The third kappa shape index (κ3) is 3.96. The predicted octanol–water partition coefficient (Wildman–Crippen LogP) is 2.74. The van der Waals surface area contributed by atoms with Gasteiger partial charge in [0.25, 0.3) is 10.0 Å². The van der Waals surface area contributed by atoms with E-state index in [2.05, 4.69) is 16.4 Å². The van der Waals surface area contributed by atoms with Crippen LogP contribution < -0.4 is 10.0 Å². The minimum Gasteiger partial charge on any atom is -0.390 e. The van der Waals surface area contributed by atoms with Gasteiger partial charge in [-0.2, -0.15) is 0 Å². The highest BCUT2D eigenvalue weighted by Crippen LogP contribution is 2.38. The number of amides is 2. The Morgan fingerprint density at radius 2 is 1.86 bits per heavy atom. The van der Waals surface area contributed by atoms with Gasteiger partial charge in [-0.05, 0) is 66.9 Å². The van der Waals surface area contributed by atoms with Gasteiger partial charge in [0.05, 0.1) is 17.7 Å². The SMILES string of the molecule is O=C(Nc1c2c(cc3c1CCC3)CCC2)NS(=O)(=O)/C=C/c1nc(CO)cs1. The summed E-state index contributed by atoms with van der Waals surface area (Å²) in [7, 11) is -3.96. The molecule has 0 saturated heterocycles. The van der Waals surface area contributed by atoms with Crippen molar-refractivity contribution in [1.29, 1.82) is 0 Å². The van der Waals surface area contributed by atoms with Gasteiger partial charge >= 0.3 is 6.03 Å². The van der Waals surface area contributed by atoms with Crippen molar-refractivity contribution in [3.05, 3.63) is 49.8 Å². The number of aliphatic hydroxyl groups excluding tert-OH is 1. The Bertz CT molecular complexity index is 1030. The van der Waals surface area contributed by atoms with E-state index in [0.29, 0.717) is 10.7 Å². The number of aromatic nitrogens is 1. The largest absolute Gasteiger partial charge is 0.390 e. The molecule has 2 aliphatic rings. The summed E-state index contributed by atoms with van der Waals surface area (Å²) < 4.78 is 26.5. The van der Waals surface area contributed by atoms with Crippen LogP contribution in [0.4, 0.5) is 10.5 Å². The minimum absolute atomic E-state index is 0.205. The fraction of sp³-hybridized carbons (Fsp3) is 0.368. The van der Waals surface area contributed by atoms with Crippen molar-refractivity contribution in [3.8, 4) is 0 Å². The van der Waals surface area contributed by atoms with Crippen molar-refractivity contribution in [2.24, 2.45) is 0 Å². The van der Waals surface area contributed by atoms with E-state index in [-0.39, 0.29) is 6.61 Å². The molecule has 148 valence electrons. The average Bonchev–Trinajstić information content (AvgIpc) is 3.39.